The van der Waals surface area contributed by atoms with Crippen LogP contribution in [0.5, 0.6) is 0 Å². The Balaban J connectivity index is 1.43. The first-order valence-electron chi connectivity index (χ1n) is 8.87. The highest BCUT2D eigenvalue weighted by molar-refractivity contribution is 5.79. The smallest absolute Gasteiger partial charge is 0.409 e. The van der Waals surface area contributed by atoms with Crippen LogP contribution in [0, 0.1) is 5.92 Å². The summed E-state index contributed by atoms with van der Waals surface area (Å²) in [7, 11) is 1.77. The second-order valence-corrected chi connectivity index (χ2v) is 7.18. The number of hydrogen-bond donors (Lipinski definition) is 1. The van der Waals surface area contributed by atoms with Crippen molar-refractivity contribution in [3.8, 4) is 11.1 Å². The van der Waals surface area contributed by atoms with Crippen LogP contribution in [0.4, 0.5) is 4.79 Å². The van der Waals surface area contributed by atoms with Crippen molar-refractivity contribution in [2.75, 3.05) is 20.2 Å². The van der Waals surface area contributed by atoms with Crippen LogP contribution in [0.25, 0.3) is 11.1 Å². The van der Waals surface area contributed by atoms with E-state index in [-0.39, 0.29) is 18.1 Å². The largest absolute Gasteiger partial charge is 0.448 e. The van der Waals surface area contributed by atoms with Crippen LogP contribution in [0.3, 0.4) is 0 Å². The monoisotopic (exact) mass is 337 g/mol. The van der Waals surface area contributed by atoms with Crippen molar-refractivity contribution in [2.24, 2.45) is 5.92 Å². The molecule has 1 N–H and O–H groups in total. The van der Waals surface area contributed by atoms with E-state index >= 15 is 0 Å². The molecule has 0 heterocycles. The van der Waals surface area contributed by atoms with Crippen LogP contribution >= 0.6 is 0 Å². The fourth-order valence-corrected chi connectivity index (χ4v) is 4.02. The van der Waals surface area contributed by atoms with E-state index in [4.69, 9.17) is 4.74 Å². The molecule has 2 aliphatic carbocycles. The molecule has 1 fully saturated rings. The maximum Gasteiger partial charge on any atom is 0.409 e. The summed E-state index contributed by atoms with van der Waals surface area (Å²) in [6.45, 7) is 0.998. The van der Waals surface area contributed by atoms with Gasteiger partial charge >= 0.3 is 6.09 Å². The summed E-state index contributed by atoms with van der Waals surface area (Å²) in [6.07, 6.45) is 1.08. The summed E-state index contributed by atoms with van der Waals surface area (Å²) in [5.41, 5.74) is 4.91. The Bertz CT molecular complexity index is 737. The van der Waals surface area contributed by atoms with E-state index in [1.54, 1.807) is 11.9 Å². The Morgan fingerprint density at radius 3 is 2.20 bits per heavy atom. The molecule has 0 radical (unpaired) electrons. The molecule has 0 saturated heterocycles. The summed E-state index contributed by atoms with van der Waals surface area (Å²) >= 11 is 0. The average Bonchev–Trinajstić information content (AvgIpc) is 2.92. The van der Waals surface area contributed by atoms with Gasteiger partial charge in [-0.3, -0.25) is 0 Å². The molecule has 0 atom stereocenters. The zero-order valence-corrected chi connectivity index (χ0v) is 14.4. The number of fused-ring (bicyclic) bond motifs is 3. The Hall–Kier alpha value is -2.33. The van der Waals surface area contributed by atoms with Crippen LogP contribution in [-0.4, -0.2) is 42.4 Å². The average molecular weight is 337 g/mol. The van der Waals surface area contributed by atoms with Gasteiger partial charge in [0.2, 0.25) is 0 Å². The minimum absolute atomic E-state index is 0.0928. The summed E-state index contributed by atoms with van der Waals surface area (Å²) < 4.78 is 5.62. The highest BCUT2D eigenvalue weighted by Crippen LogP contribution is 2.44. The molecule has 1 saturated carbocycles. The van der Waals surface area contributed by atoms with Gasteiger partial charge in [-0.15, -0.1) is 0 Å². The third-order valence-corrected chi connectivity index (χ3v) is 5.39. The Labute approximate surface area is 148 Å². The van der Waals surface area contributed by atoms with Gasteiger partial charge in [0, 0.05) is 19.5 Å². The van der Waals surface area contributed by atoms with E-state index in [9.17, 15) is 9.90 Å². The highest BCUT2D eigenvalue weighted by atomic mass is 16.6. The molecule has 0 aliphatic heterocycles. The van der Waals surface area contributed by atoms with Gasteiger partial charge in [0.05, 0.1) is 6.10 Å². The van der Waals surface area contributed by atoms with Crippen molar-refractivity contribution in [2.45, 2.75) is 24.9 Å². The first-order valence-corrected chi connectivity index (χ1v) is 8.87. The van der Waals surface area contributed by atoms with Gasteiger partial charge in [0.1, 0.15) is 6.61 Å². The van der Waals surface area contributed by atoms with Crippen molar-refractivity contribution in [3.05, 3.63) is 59.7 Å². The van der Waals surface area contributed by atoms with Gasteiger partial charge in [-0.25, -0.2) is 4.79 Å². The second kappa shape index (κ2) is 6.52. The molecule has 130 valence electrons. The topological polar surface area (TPSA) is 49.8 Å². The number of ether oxygens (including phenoxy) is 1. The maximum atomic E-state index is 12.3. The number of carbonyl (C=O) groups excluding carboxylic acids is 1. The van der Waals surface area contributed by atoms with Gasteiger partial charge in [0.15, 0.2) is 0 Å². The number of benzene rings is 2. The minimum atomic E-state index is -0.289. The minimum Gasteiger partial charge on any atom is -0.448 e. The molecule has 4 heteroatoms. The quantitative estimate of drug-likeness (QED) is 0.927. The summed E-state index contributed by atoms with van der Waals surface area (Å²) in [6, 6.07) is 16.7. The van der Waals surface area contributed by atoms with Crippen LogP contribution in [-0.2, 0) is 4.74 Å². The SMILES string of the molecule is CN(CC1CC(O)C1)C(=O)OCC1c2ccccc2-c2ccccc21. The van der Waals surface area contributed by atoms with Crippen molar-refractivity contribution < 1.29 is 14.6 Å². The number of carbonyl (C=O) groups is 1. The van der Waals surface area contributed by atoms with Gasteiger partial charge in [0.25, 0.3) is 0 Å². The van der Waals surface area contributed by atoms with Gasteiger partial charge in [-0.2, -0.15) is 0 Å². The maximum absolute atomic E-state index is 12.3. The highest BCUT2D eigenvalue weighted by Gasteiger charge is 2.31. The molecule has 4 rings (SSSR count). The molecular weight excluding hydrogens is 314 g/mol. The Morgan fingerprint density at radius 1 is 1.08 bits per heavy atom. The van der Waals surface area contributed by atoms with Crippen LogP contribution in [0.1, 0.15) is 29.9 Å². The zero-order chi connectivity index (χ0) is 17.4. The lowest BCUT2D eigenvalue weighted by Crippen LogP contribution is -2.40. The normalized spacial score (nSPS) is 21.2. The predicted molar refractivity (Wildman–Crippen MR) is 96.4 cm³/mol. The van der Waals surface area contributed by atoms with Gasteiger partial charge in [-0.05, 0) is 41.0 Å². The molecule has 25 heavy (non-hydrogen) atoms. The lowest BCUT2D eigenvalue weighted by atomic mass is 9.82. The molecule has 1 amide bonds. The Kier molecular flexibility index (Phi) is 4.22. The number of rotatable bonds is 4. The molecule has 4 nitrogen and oxygen atoms in total. The van der Waals surface area contributed by atoms with Gasteiger partial charge < -0.3 is 14.7 Å². The molecule has 0 bridgehead atoms. The van der Waals surface area contributed by atoms with Gasteiger partial charge in [-0.1, -0.05) is 48.5 Å². The van der Waals surface area contributed by atoms with E-state index in [1.165, 1.54) is 22.3 Å². The second-order valence-electron chi connectivity index (χ2n) is 7.18. The number of amides is 1. The van der Waals surface area contributed by atoms with E-state index in [2.05, 4.69) is 24.3 Å². The Morgan fingerprint density at radius 2 is 1.64 bits per heavy atom. The number of aliphatic hydroxyl groups is 1. The van der Waals surface area contributed by atoms with Crippen molar-refractivity contribution in [1.82, 2.24) is 4.90 Å². The molecule has 0 unspecified atom stereocenters. The number of hydrogen-bond acceptors (Lipinski definition) is 3. The van der Waals surface area contributed by atoms with Crippen LogP contribution in [0.15, 0.2) is 48.5 Å². The van der Waals surface area contributed by atoms with E-state index in [0.29, 0.717) is 19.1 Å². The van der Waals surface area contributed by atoms with Crippen LogP contribution in [0.2, 0.25) is 0 Å². The fraction of sp³-hybridized carbons (Fsp3) is 0.381. The molecule has 2 aromatic carbocycles. The molecular formula is C21H23NO3. The van der Waals surface area contributed by atoms with Crippen molar-refractivity contribution in [1.29, 1.82) is 0 Å². The number of nitrogens with zero attached hydrogens (tertiary/aromatic N) is 1. The lowest BCUT2D eigenvalue weighted by molar-refractivity contribution is 0.0250. The van der Waals surface area contributed by atoms with Crippen molar-refractivity contribution >= 4 is 6.09 Å². The standard InChI is InChI=1S/C21H23NO3/c1-22(12-14-10-15(23)11-14)21(24)25-13-20-18-8-4-2-6-16(18)17-7-3-5-9-19(17)20/h2-9,14-15,20,23H,10-13H2,1H3. The first kappa shape index (κ1) is 16.2. The molecule has 0 spiro atoms. The first-order chi connectivity index (χ1) is 12.1. The number of aliphatic hydroxyl groups excluding tert-OH is 1. The molecule has 2 aliphatic rings. The van der Waals surface area contributed by atoms with Crippen LogP contribution < -0.4 is 0 Å². The fourth-order valence-electron chi connectivity index (χ4n) is 4.02. The predicted octanol–water partition coefficient (Wildman–Crippen LogP) is 3.64. The third kappa shape index (κ3) is 3.02. The van der Waals surface area contributed by atoms with Crippen molar-refractivity contribution in [3.63, 3.8) is 0 Å². The lowest BCUT2D eigenvalue weighted by Gasteiger charge is -2.34. The summed E-state index contributed by atoms with van der Waals surface area (Å²) in [5.74, 6) is 0.482. The van der Waals surface area contributed by atoms with E-state index in [0.717, 1.165) is 12.8 Å². The summed E-state index contributed by atoms with van der Waals surface area (Å²) in [5, 5.41) is 9.37. The van der Waals surface area contributed by atoms with E-state index in [1.807, 2.05) is 24.3 Å². The molecule has 0 aromatic heterocycles. The molecule has 2 aromatic rings. The summed E-state index contributed by atoms with van der Waals surface area (Å²) in [4.78, 5) is 14.0. The van der Waals surface area contributed by atoms with E-state index < -0.39 is 0 Å². The third-order valence-electron chi connectivity index (χ3n) is 5.39. The zero-order valence-electron chi connectivity index (χ0n) is 14.4.